The topological polar surface area (TPSA) is 78.9 Å². The number of hydrogen-bond acceptors (Lipinski definition) is 6. The van der Waals surface area contributed by atoms with Gasteiger partial charge in [-0.3, -0.25) is 14.4 Å². The Balaban J connectivity index is 4.22. The molecule has 0 aromatic rings. The predicted molar refractivity (Wildman–Crippen MR) is 353 cm³/mol. The predicted octanol–water partition coefficient (Wildman–Crippen LogP) is 23.6. The van der Waals surface area contributed by atoms with E-state index in [4.69, 9.17) is 14.2 Å². The molecule has 1 atom stereocenters. The van der Waals surface area contributed by atoms with E-state index in [1.165, 1.54) is 161 Å². The van der Waals surface area contributed by atoms with E-state index in [2.05, 4.69) is 142 Å². The highest BCUT2D eigenvalue weighted by molar-refractivity contribution is 5.71. The van der Waals surface area contributed by atoms with Crippen LogP contribution in [0.5, 0.6) is 0 Å². The van der Waals surface area contributed by atoms with Crippen molar-refractivity contribution in [2.24, 2.45) is 0 Å². The number of rotatable bonds is 61. The summed E-state index contributed by atoms with van der Waals surface area (Å²) in [6, 6.07) is 0. The molecule has 6 heteroatoms. The van der Waals surface area contributed by atoms with Crippen LogP contribution in [0.15, 0.2) is 122 Å². The van der Waals surface area contributed by atoms with Crippen molar-refractivity contribution in [1.82, 2.24) is 0 Å². The molecule has 0 heterocycles. The van der Waals surface area contributed by atoms with Gasteiger partial charge in [0.1, 0.15) is 13.2 Å². The molecular weight excluding hydrogens is 997 g/mol. The standard InChI is InChI=1S/C75H126O6/c1-4-7-10-13-16-19-22-24-26-28-30-31-32-33-34-35-36-37-38-39-40-41-42-43-45-46-48-50-53-56-59-62-65-68-74(77)80-71-72(70-79-73(76)67-64-61-58-55-52-21-18-15-12-9-6-3)81-75(78)69-66-63-60-57-54-51-49-47-44-29-27-25-23-20-17-14-11-8-5-2/h7,10,15-20,24-27,30-31,33-34,36-37,39-40,72H,4-6,8-9,11-14,21-23,28-29,32,35,38,41-71H2,1-3H3/b10-7-,18-15-,19-16-,20-17-,26-24-,27-25-,31-30-,34-33-,37-36-,40-39-. The highest BCUT2D eigenvalue weighted by Crippen LogP contribution is 2.16. The zero-order valence-electron chi connectivity index (χ0n) is 53.0. The third-order valence-corrected chi connectivity index (χ3v) is 14.4. The maximum Gasteiger partial charge on any atom is 0.306 e. The molecule has 1 unspecified atom stereocenters. The molecule has 0 bridgehead atoms. The Bertz CT molecular complexity index is 1670. The first-order valence-corrected chi connectivity index (χ1v) is 34.0. The molecule has 6 nitrogen and oxygen atoms in total. The molecule has 0 aliphatic carbocycles. The van der Waals surface area contributed by atoms with Gasteiger partial charge < -0.3 is 14.2 Å². The summed E-state index contributed by atoms with van der Waals surface area (Å²) in [7, 11) is 0. The Morgan fingerprint density at radius 3 is 0.802 bits per heavy atom. The van der Waals surface area contributed by atoms with Gasteiger partial charge in [0.25, 0.3) is 0 Å². The molecule has 0 rings (SSSR count). The molecule has 0 amide bonds. The van der Waals surface area contributed by atoms with E-state index in [9.17, 15) is 14.4 Å². The van der Waals surface area contributed by atoms with Crippen LogP contribution in [-0.4, -0.2) is 37.2 Å². The number of allylic oxidation sites excluding steroid dienone is 20. The number of ether oxygens (including phenoxy) is 3. The van der Waals surface area contributed by atoms with Crippen LogP contribution < -0.4 is 0 Å². The summed E-state index contributed by atoms with van der Waals surface area (Å²) in [5.41, 5.74) is 0. The highest BCUT2D eigenvalue weighted by atomic mass is 16.6. The van der Waals surface area contributed by atoms with Crippen LogP contribution in [0.4, 0.5) is 0 Å². The van der Waals surface area contributed by atoms with Crippen molar-refractivity contribution >= 4 is 17.9 Å². The number of carbonyl (C=O) groups excluding carboxylic acids is 3. The van der Waals surface area contributed by atoms with Gasteiger partial charge >= 0.3 is 17.9 Å². The zero-order chi connectivity index (χ0) is 58.5. The Morgan fingerprint density at radius 1 is 0.259 bits per heavy atom. The summed E-state index contributed by atoms with van der Waals surface area (Å²) in [5.74, 6) is -0.893. The number of hydrogen-bond donors (Lipinski definition) is 0. The molecule has 462 valence electrons. The summed E-state index contributed by atoms with van der Waals surface area (Å²) >= 11 is 0. The lowest BCUT2D eigenvalue weighted by molar-refractivity contribution is -0.167. The Labute approximate surface area is 501 Å². The monoisotopic (exact) mass is 1120 g/mol. The van der Waals surface area contributed by atoms with Gasteiger partial charge in [0, 0.05) is 19.3 Å². The Morgan fingerprint density at radius 2 is 0.494 bits per heavy atom. The first-order chi connectivity index (χ1) is 40.0. The minimum Gasteiger partial charge on any atom is -0.462 e. The summed E-state index contributed by atoms with van der Waals surface area (Å²) in [4.78, 5) is 38.3. The fraction of sp³-hybridized carbons (Fsp3) is 0.693. The van der Waals surface area contributed by atoms with Gasteiger partial charge in [-0.25, -0.2) is 0 Å². The lowest BCUT2D eigenvalue weighted by atomic mass is 10.0. The maximum atomic E-state index is 12.9. The van der Waals surface area contributed by atoms with Crippen LogP contribution >= 0.6 is 0 Å². The van der Waals surface area contributed by atoms with E-state index in [-0.39, 0.29) is 31.1 Å². The summed E-state index contributed by atoms with van der Waals surface area (Å²) < 4.78 is 16.9. The fourth-order valence-corrected chi connectivity index (χ4v) is 9.32. The van der Waals surface area contributed by atoms with Gasteiger partial charge in [0.15, 0.2) is 6.10 Å². The van der Waals surface area contributed by atoms with Crippen molar-refractivity contribution < 1.29 is 28.6 Å². The molecule has 0 radical (unpaired) electrons. The van der Waals surface area contributed by atoms with Crippen LogP contribution in [0, 0.1) is 0 Å². The molecule has 81 heavy (non-hydrogen) atoms. The number of carbonyl (C=O) groups is 3. The highest BCUT2D eigenvalue weighted by Gasteiger charge is 2.19. The van der Waals surface area contributed by atoms with Crippen LogP contribution in [0.3, 0.4) is 0 Å². The molecule has 0 aliphatic rings. The van der Waals surface area contributed by atoms with Crippen LogP contribution in [0.1, 0.15) is 316 Å². The van der Waals surface area contributed by atoms with Gasteiger partial charge in [0.05, 0.1) is 0 Å². The number of esters is 3. The normalized spacial score (nSPS) is 12.9. The summed E-state index contributed by atoms with van der Waals surface area (Å²) in [6.45, 7) is 6.47. The molecule has 0 aromatic carbocycles. The molecular formula is C75H126O6. The number of unbranched alkanes of at least 4 members (excludes halogenated alkanes) is 30. The van der Waals surface area contributed by atoms with Crippen molar-refractivity contribution in [1.29, 1.82) is 0 Å². The van der Waals surface area contributed by atoms with Crippen molar-refractivity contribution in [3.8, 4) is 0 Å². The fourth-order valence-electron chi connectivity index (χ4n) is 9.32. The van der Waals surface area contributed by atoms with Crippen molar-refractivity contribution in [2.75, 3.05) is 13.2 Å². The van der Waals surface area contributed by atoms with Crippen LogP contribution in [-0.2, 0) is 28.6 Å². The van der Waals surface area contributed by atoms with Crippen LogP contribution in [0.2, 0.25) is 0 Å². The molecule has 0 aliphatic heterocycles. The lowest BCUT2D eigenvalue weighted by Crippen LogP contribution is -2.30. The average Bonchev–Trinajstić information content (AvgIpc) is 3.47. The molecule has 0 aromatic heterocycles. The van der Waals surface area contributed by atoms with E-state index in [0.717, 1.165) is 116 Å². The maximum absolute atomic E-state index is 12.9. The first-order valence-electron chi connectivity index (χ1n) is 34.0. The molecule has 0 saturated heterocycles. The molecule has 0 N–H and O–H groups in total. The zero-order valence-corrected chi connectivity index (χ0v) is 53.0. The minimum atomic E-state index is -0.787. The molecule has 0 saturated carbocycles. The van der Waals surface area contributed by atoms with Crippen LogP contribution in [0.25, 0.3) is 0 Å². The van der Waals surface area contributed by atoms with Gasteiger partial charge in [-0.15, -0.1) is 0 Å². The van der Waals surface area contributed by atoms with Crippen molar-refractivity contribution in [3.05, 3.63) is 122 Å². The second-order valence-electron chi connectivity index (χ2n) is 22.3. The van der Waals surface area contributed by atoms with E-state index >= 15 is 0 Å². The van der Waals surface area contributed by atoms with E-state index in [0.29, 0.717) is 19.3 Å². The van der Waals surface area contributed by atoms with Gasteiger partial charge in [-0.05, 0) is 128 Å². The summed E-state index contributed by atoms with van der Waals surface area (Å²) in [6.07, 6.45) is 95.0. The second kappa shape index (κ2) is 68.3. The van der Waals surface area contributed by atoms with Gasteiger partial charge in [-0.1, -0.05) is 290 Å². The average molecular weight is 1120 g/mol. The first kappa shape index (κ1) is 76.8. The second-order valence-corrected chi connectivity index (χ2v) is 22.3. The smallest absolute Gasteiger partial charge is 0.306 e. The minimum absolute atomic E-state index is 0.0840. The molecule has 0 spiro atoms. The summed E-state index contributed by atoms with van der Waals surface area (Å²) in [5, 5.41) is 0. The largest absolute Gasteiger partial charge is 0.462 e. The van der Waals surface area contributed by atoms with Gasteiger partial charge in [-0.2, -0.15) is 0 Å². The lowest BCUT2D eigenvalue weighted by Gasteiger charge is -2.18. The quantitative estimate of drug-likeness (QED) is 0.0261. The van der Waals surface area contributed by atoms with Crippen molar-refractivity contribution in [3.63, 3.8) is 0 Å². The van der Waals surface area contributed by atoms with E-state index in [1.54, 1.807) is 0 Å². The van der Waals surface area contributed by atoms with Crippen molar-refractivity contribution in [2.45, 2.75) is 322 Å². The van der Waals surface area contributed by atoms with E-state index < -0.39 is 6.10 Å². The Kier molecular flexibility index (Phi) is 64.8. The SMILES string of the molecule is CC/C=C\C/C=C\C/C=C\C/C=C\C/C=C\C/C=C\C/C=C\CCCCCCCCCCCCCC(=O)OCC(COC(=O)CCCCCCC/C=C\CCCC)OC(=O)CCCCCCCCCCC/C=C\C/C=C\CCCCC. The molecule has 0 fully saturated rings. The van der Waals surface area contributed by atoms with E-state index in [1.807, 2.05) is 0 Å². The third-order valence-electron chi connectivity index (χ3n) is 14.4. The third kappa shape index (κ3) is 66.5. The Hall–Kier alpha value is -4.19. The van der Waals surface area contributed by atoms with Gasteiger partial charge in [0.2, 0.25) is 0 Å².